The molecule has 31 heavy (non-hydrogen) atoms. The standard InChI is InChI=1S/C21H23F2N7.HI/c1-24-21(25-11-14-4-2-5-15(10-14)20-26-13-27-29-20)28-16-8-9-30(12-16)19-17(22)6-3-7-18(19)23;/h2-7,10,13,16H,8-9,11-12H2,1H3,(H2,24,25,28)(H,26,27,29);1H. The highest BCUT2D eigenvalue weighted by Crippen LogP contribution is 2.26. The van der Waals surface area contributed by atoms with Crippen LogP contribution in [0.3, 0.4) is 0 Å². The lowest BCUT2D eigenvalue weighted by atomic mass is 10.1. The van der Waals surface area contributed by atoms with Crippen LogP contribution < -0.4 is 15.5 Å². The number of para-hydroxylation sites is 1. The summed E-state index contributed by atoms with van der Waals surface area (Å²) >= 11 is 0. The Bertz CT molecular complexity index is 1010. The van der Waals surface area contributed by atoms with Crippen molar-refractivity contribution < 1.29 is 8.78 Å². The molecule has 0 saturated carbocycles. The monoisotopic (exact) mass is 539 g/mol. The Morgan fingerprint density at radius 1 is 1.23 bits per heavy atom. The highest BCUT2D eigenvalue weighted by Gasteiger charge is 2.27. The largest absolute Gasteiger partial charge is 0.365 e. The number of guanidine groups is 1. The molecule has 0 bridgehead atoms. The van der Waals surface area contributed by atoms with Crippen molar-refractivity contribution in [3.63, 3.8) is 0 Å². The van der Waals surface area contributed by atoms with Crippen LogP contribution in [0.5, 0.6) is 0 Å². The molecule has 1 aliphatic heterocycles. The number of aromatic amines is 1. The summed E-state index contributed by atoms with van der Waals surface area (Å²) in [5.41, 5.74) is 2.05. The summed E-state index contributed by atoms with van der Waals surface area (Å²) in [6.45, 7) is 1.64. The number of benzene rings is 2. The van der Waals surface area contributed by atoms with Gasteiger partial charge in [0.15, 0.2) is 11.8 Å². The molecule has 3 N–H and O–H groups in total. The van der Waals surface area contributed by atoms with Gasteiger partial charge in [0.25, 0.3) is 0 Å². The molecular weight excluding hydrogens is 515 g/mol. The molecule has 2 aromatic carbocycles. The van der Waals surface area contributed by atoms with Gasteiger partial charge >= 0.3 is 0 Å². The average molecular weight is 539 g/mol. The molecule has 2 heterocycles. The van der Waals surface area contributed by atoms with Gasteiger partial charge in [0.2, 0.25) is 0 Å². The van der Waals surface area contributed by atoms with Gasteiger partial charge in [-0.1, -0.05) is 24.3 Å². The van der Waals surface area contributed by atoms with Crippen molar-refractivity contribution in [3.05, 3.63) is 66.0 Å². The van der Waals surface area contributed by atoms with Crippen LogP contribution in [-0.4, -0.2) is 47.3 Å². The van der Waals surface area contributed by atoms with E-state index < -0.39 is 11.6 Å². The molecule has 0 amide bonds. The summed E-state index contributed by atoms with van der Waals surface area (Å²) in [5.74, 6) is 0.279. The quantitative estimate of drug-likeness (QED) is 0.264. The summed E-state index contributed by atoms with van der Waals surface area (Å²) in [4.78, 5) is 10.2. The molecule has 1 aliphatic rings. The number of anilines is 1. The van der Waals surface area contributed by atoms with Crippen LogP contribution in [0.4, 0.5) is 14.5 Å². The fraction of sp³-hybridized carbons (Fsp3) is 0.286. The highest BCUT2D eigenvalue weighted by molar-refractivity contribution is 14.0. The van der Waals surface area contributed by atoms with Gasteiger partial charge in [0, 0.05) is 38.3 Å². The smallest absolute Gasteiger partial charge is 0.191 e. The van der Waals surface area contributed by atoms with Gasteiger partial charge in [-0.05, 0) is 30.2 Å². The molecule has 0 aliphatic carbocycles. The van der Waals surface area contributed by atoms with Gasteiger partial charge in [-0.15, -0.1) is 24.0 Å². The Balaban J connectivity index is 0.00000272. The van der Waals surface area contributed by atoms with Crippen molar-refractivity contribution in [2.45, 2.75) is 19.0 Å². The van der Waals surface area contributed by atoms with E-state index in [1.54, 1.807) is 11.9 Å². The van der Waals surface area contributed by atoms with E-state index in [0.717, 1.165) is 17.5 Å². The maximum absolute atomic E-state index is 14.1. The molecule has 4 rings (SSSR count). The fourth-order valence-electron chi connectivity index (χ4n) is 3.62. The molecule has 0 radical (unpaired) electrons. The van der Waals surface area contributed by atoms with Crippen molar-refractivity contribution in [1.82, 2.24) is 25.8 Å². The molecule has 3 aromatic rings. The Morgan fingerprint density at radius 2 is 2.00 bits per heavy atom. The number of aliphatic imine (C=N–C) groups is 1. The Labute approximate surface area is 196 Å². The molecule has 1 aromatic heterocycles. The minimum absolute atomic E-state index is 0. The minimum atomic E-state index is -0.537. The molecule has 7 nitrogen and oxygen atoms in total. The summed E-state index contributed by atoms with van der Waals surface area (Å²) < 4.78 is 28.1. The Morgan fingerprint density at radius 3 is 2.71 bits per heavy atom. The highest BCUT2D eigenvalue weighted by atomic mass is 127. The first-order chi connectivity index (χ1) is 14.6. The van der Waals surface area contributed by atoms with Crippen molar-refractivity contribution in [2.75, 3.05) is 25.0 Å². The maximum Gasteiger partial charge on any atom is 0.191 e. The first kappa shape index (κ1) is 22.9. The van der Waals surface area contributed by atoms with Gasteiger partial charge in [-0.25, -0.2) is 13.8 Å². The zero-order chi connectivity index (χ0) is 20.9. The summed E-state index contributed by atoms with van der Waals surface area (Å²) in [7, 11) is 1.70. The molecule has 1 saturated heterocycles. The zero-order valence-electron chi connectivity index (χ0n) is 17.0. The van der Waals surface area contributed by atoms with Gasteiger partial charge in [-0.3, -0.25) is 10.1 Å². The average Bonchev–Trinajstić information content (AvgIpc) is 3.44. The van der Waals surface area contributed by atoms with Crippen molar-refractivity contribution in [3.8, 4) is 11.4 Å². The number of hydrogen-bond donors (Lipinski definition) is 3. The Kier molecular flexibility index (Phi) is 7.77. The molecular formula is C21H24F2IN7. The zero-order valence-corrected chi connectivity index (χ0v) is 19.3. The summed E-state index contributed by atoms with van der Waals surface area (Å²) in [6, 6.07) is 11.9. The van der Waals surface area contributed by atoms with Crippen LogP contribution >= 0.6 is 24.0 Å². The topological polar surface area (TPSA) is 81.2 Å². The number of aromatic nitrogens is 3. The van der Waals surface area contributed by atoms with E-state index in [1.165, 1.54) is 24.5 Å². The van der Waals surface area contributed by atoms with E-state index in [0.29, 0.717) is 31.4 Å². The van der Waals surface area contributed by atoms with Gasteiger partial charge in [0.05, 0.1) is 0 Å². The molecule has 10 heteroatoms. The third-order valence-electron chi connectivity index (χ3n) is 5.08. The molecule has 1 unspecified atom stereocenters. The molecule has 0 spiro atoms. The van der Waals surface area contributed by atoms with E-state index in [-0.39, 0.29) is 35.7 Å². The lowest BCUT2D eigenvalue weighted by Gasteiger charge is -2.21. The third-order valence-corrected chi connectivity index (χ3v) is 5.08. The number of halogens is 3. The van der Waals surface area contributed by atoms with Crippen LogP contribution in [-0.2, 0) is 6.54 Å². The molecule has 1 atom stereocenters. The van der Waals surface area contributed by atoms with Crippen LogP contribution in [0.1, 0.15) is 12.0 Å². The van der Waals surface area contributed by atoms with Crippen LogP contribution in [0.25, 0.3) is 11.4 Å². The second kappa shape index (κ2) is 10.5. The second-order valence-electron chi connectivity index (χ2n) is 7.11. The van der Waals surface area contributed by atoms with Gasteiger partial charge < -0.3 is 15.5 Å². The number of H-pyrrole nitrogens is 1. The van der Waals surface area contributed by atoms with Crippen molar-refractivity contribution >= 4 is 35.6 Å². The van der Waals surface area contributed by atoms with E-state index in [2.05, 4.69) is 30.8 Å². The first-order valence-electron chi connectivity index (χ1n) is 9.75. The predicted octanol–water partition coefficient (Wildman–Crippen LogP) is 3.31. The number of hydrogen-bond acceptors (Lipinski definition) is 4. The normalized spacial score (nSPS) is 16.2. The SMILES string of the molecule is CN=C(NCc1cccc(-c2ncn[nH]2)c1)NC1CCN(c2c(F)cccc2F)C1.I. The van der Waals surface area contributed by atoms with Crippen LogP contribution in [0.15, 0.2) is 53.8 Å². The number of nitrogens with one attached hydrogen (secondary N) is 3. The van der Waals surface area contributed by atoms with Crippen LogP contribution in [0.2, 0.25) is 0 Å². The van der Waals surface area contributed by atoms with E-state index in [9.17, 15) is 8.78 Å². The number of nitrogens with zero attached hydrogens (tertiary/aromatic N) is 4. The molecule has 164 valence electrons. The maximum atomic E-state index is 14.1. The third kappa shape index (κ3) is 5.49. The van der Waals surface area contributed by atoms with E-state index >= 15 is 0 Å². The number of rotatable bonds is 5. The lowest BCUT2D eigenvalue weighted by Crippen LogP contribution is -2.44. The fourth-order valence-corrected chi connectivity index (χ4v) is 3.62. The lowest BCUT2D eigenvalue weighted by molar-refractivity contribution is 0.576. The summed E-state index contributed by atoms with van der Waals surface area (Å²) in [5, 5.41) is 13.4. The van der Waals surface area contributed by atoms with E-state index in [4.69, 9.17) is 0 Å². The minimum Gasteiger partial charge on any atom is -0.365 e. The van der Waals surface area contributed by atoms with E-state index in [1.807, 2.05) is 24.3 Å². The van der Waals surface area contributed by atoms with Gasteiger partial charge in [0.1, 0.15) is 23.6 Å². The van der Waals surface area contributed by atoms with Crippen LogP contribution in [0, 0.1) is 11.6 Å². The second-order valence-corrected chi connectivity index (χ2v) is 7.11. The molecule has 1 fully saturated rings. The van der Waals surface area contributed by atoms with Crippen molar-refractivity contribution in [1.29, 1.82) is 0 Å². The van der Waals surface area contributed by atoms with Crippen molar-refractivity contribution in [2.24, 2.45) is 4.99 Å². The van der Waals surface area contributed by atoms with Gasteiger partial charge in [-0.2, -0.15) is 5.10 Å². The first-order valence-corrected chi connectivity index (χ1v) is 9.75. The predicted molar refractivity (Wildman–Crippen MR) is 128 cm³/mol. The summed E-state index contributed by atoms with van der Waals surface area (Å²) in [6.07, 6.45) is 2.24. The Hall–Kier alpha value is -2.76.